The first-order valence-electron chi connectivity index (χ1n) is 9.12. The largest absolute Gasteiger partial charge is 0.302 e. The van der Waals surface area contributed by atoms with Crippen LogP contribution in [0.25, 0.3) is 0 Å². The molecule has 3 rings (SSSR count). The summed E-state index contributed by atoms with van der Waals surface area (Å²) in [5, 5.41) is 8.55. The molecule has 0 spiro atoms. The molecule has 2 N–H and O–H groups in total. The zero-order valence-electron chi connectivity index (χ0n) is 13.9. The molecule has 0 aromatic carbocycles. The smallest absolute Gasteiger partial charge is 0.0863 e. The Morgan fingerprint density at radius 3 is 2.64 bits per heavy atom. The molecule has 3 fully saturated rings. The maximum atomic E-state index is 5.10. The highest BCUT2D eigenvalue weighted by Crippen LogP contribution is 2.34. The van der Waals surface area contributed by atoms with Gasteiger partial charge in [-0.1, -0.05) is 0 Å². The molecule has 4 nitrogen and oxygen atoms in total. The summed E-state index contributed by atoms with van der Waals surface area (Å²) in [5.41, 5.74) is 0. The second-order valence-corrected chi connectivity index (χ2v) is 8.34. The van der Waals surface area contributed by atoms with Gasteiger partial charge in [0.2, 0.25) is 0 Å². The minimum absolute atomic E-state index is 0.500. The molecule has 5 heteroatoms. The molecular formula is C17H32N2O2S. The van der Waals surface area contributed by atoms with Crippen molar-refractivity contribution >= 4 is 11.8 Å². The monoisotopic (exact) mass is 328 g/mol. The second-order valence-electron chi connectivity index (χ2n) is 7.20. The van der Waals surface area contributed by atoms with Gasteiger partial charge >= 0.3 is 0 Å². The van der Waals surface area contributed by atoms with Gasteiger partial charge in [0.25, 0.3) is 0 Å². The van der Waals surface area contributed by atoms with E-state index in [4.69, 9.17) is 9.78 Å². The molecule has 1 saturated carbocycles. The predicted molar refractivity (Wildman–Crippen MR) is 91.8 cm³/mol. The molecule has 3 aliphatic rings. The molecule has 0 bridgehead atoms. The van der Waals surface area contributed by atoms with Crippen LogP contribution in [-0.2, 0) is 9.78 Å². The Bertz CT molecular complexity index is 318. The van der Waals surface area contributed by atoms with Crippen molar-refractivity contribution < 1.29 is 9.78 Å². The zero-order valence-corrected chi connectivity index (χ0v) is 14.7. The number of nitrogens with one attached hydrogen (secondary N) is 2. The zero-order chi connectivity index (χ0) is 15.2. The van der Waals surface area contributed by atoms with E-state index in [0.29, 0.717) is 12.1 Å². The first kappa shape index (κ1) is 17.0. The third kappa shape index (κ3) is 4.84. The highest BCUT2D eigenvalue weighted by atomic mass is 32.2. The summed E-state index contributed by atoms with van der Waals surface area (Å²) in [4.78, 5) is 10.1. The van der Waals surface area contributed by atoms with Gasteiger partial charge in [-0.15, -0.1) is 0 Å². The Balaban J connectivity index is 1.39. The van der Waals surface area contributed by atoms with Crippen LogP contribution in [0.4, 0.5) is 0 Å². The quantitative estimate of drug-likeness (QED) is 0.760. The van der Waals surface area contributed by atoms with E-state index in [0.717, 1.165) is 43.4 Å². The highest BCUT2D eigenvalue weighted by molar-refractivity contribution is 7.99. The lowest BCUT2D eigenvalue weighted by Gasteiger charge is -2.40. The van der Waals surface area contributed by atoms with Gasteiger partial charge in [0.15, 0.2) is 0 Å². The van der Waals surface area contributed by atoms with Crippen LogP contribution in [-0.4, -0.2) is 43.5 Å². The highest BCUT2D eigenvalue weighted by Gasteiger charge is 2.31. The van der Waals surface area contributed by atoms with Crippen LogP contribution in [0.3, 0.4) is 0 Å². The Morgan fingerprint density at radius 1 is 1.05 bits per heavy atom. The van der Waals surface area contributed by atoms with Gasteiger partial charge in [-0.3, -0.25) is 5.32 Å². The third-order valence-electron chi connectivity index (χ3n) is 5.69. The maximum absolute atomic E-state index is 5.10. The standard InChI is InChI=1S/C17H32N2O2S/c1-22-15-7-5-14(6-8-15)16-3-2-4-17(19-16)18-11-13-9-10-20-21-12-13/h13-19H,2-12H2,1H3. The molecule has 128 valence electrons. The fourth-order valence-electron chi connectivity index (χ4n) is 4.20. The van der Waals surface area contributed by atoms with Crippen molar-refractivity contribution in [1.29, 1.82) is 0 Å². The van der Waals surface area contributed by atoms with Crippen molar-refractivity contribution in [1.82, 2.24) is 10.6 Å². The van der Waals surface area contributed by atoms with Crippen molar-refractivity contribution in [3.05, 3.63) is 0 Å². The van der Waals surface area contributed by atoms with Crippen molar-refractivity contribution in [3.8, 4) is 0 Å². The van der Waals surface area contributed by atoms with E-state index in [1.165, 1.54) is 44.9 Å². The van der Waals surface area contributed by atoms with Gasteiger partial charge in [0.1, 0.15) is 0 Å². The predicted octanol–water partition coefficient (Wildman–Crippen LogP) is 2.93. The minimum atomic E-state index is 0.500. The maximum Gasteiger partial charge on any atom is 0.0863 e. The van der Waals surface area contributed by atoms with Gasteiger partial charge in [-0.2, -0.15) is 11.8 Å². The van der Waals surface area contributed by atoms with Crippen LogP contribution in [0, 0.1) is 11.8 Å². The summed E-state index contributed by atoms with van der Waals surface area (Å²) in [6.07, 6.45) is 13.6. The Labute approximate surface area is 139 Å². The van der Waals surface area contributed by atoms with Gasteiger partial charge < -0.3 is 5.32 Å². The summed E-state index contributed by atoms with van der Waals surface area (Å²) < 4.78 is 0. The number of hydrogen-bond acceptors (Lipinski definition) is 5. The number of piperidine rings is 1. The fourth-order valence-corrected chi connectivity index (χ4v) is 4.94. The Hall–Kier alpha value is 0.190. The summed E-state index contributed by atoms with van der Waals surface area (Å²) >= 11 is 2.06. The lowest BCUT2D eigenvalue weighted by Crippen LogP contribution is -2.54. The number of rotatable bonds is 5. The summed E-state index contributed by atoms with van der Waals surface area (Å²) in [6, 6.07) is 0.736. The van der Waals surface area contributed by atoms with Crippen LogP contribution < -0.4 is 10.6 Å². The van der Waals surface area contributed by atoms with Crippen LogP contribution >= 0.6 is 11.8 Å². The molecule has 2 saturated heterocycles. The van der Waals surface area contributed by atoms with Gasteiger partial charge in [0.05, 0.1) is 19.4 Å². The lowest BCUT2D eigenvalue weighted by molar-refractivity contribution is -0.323. The summed E-state index contributed by atoms with van der Waals surface area (Å²) in [5.74, 6) is 1.51. The number of hydrogen-bond donors (Lipinski definition) is 2. The second kappa shape index (κ2) is 8.88. The van der Waals surface area contributed by atoms with E-state index in [9.17, 15) is 0 Å². The molecular weight excluding hydrogens is 296 g/mol. The average Bonchev–Trinajstić information content (AvgIpc) is 2.61. The SMILES string of the molecule is CSC1CCC(C2CCCC(NCC3CCOOC3)N2)CC1. The number of thioether (sulfide) groups is 1. The van der Waals surface area contributed by atoms with Crippen molar-refractivity contribution in [2.75, 3.05) is 26.0 Å². The van der Waals surface area contributed by atoms with Crippen molar-refractivity contribution in [2.45, 2.75) is 68.8 Å². The fraction of sp³-hybridized carbons (Fsp3) is 1.00. The molecule has 3 atom stereocenters. The van der Waals surface area contributed by atoms with E-state index in [1.54, 1.807) is 0 Å². The third-order valence-corrected chi connectivity index (χ3v) is 6.83. The van der Waals surface area contributed by atoms with E-state index in [-0.39, 0.29) is 0 Å². The molecule has 0 aromatic heterocycles. The van der Waals surface area contributed by atoms with E-state index in [1.807, 2.05) is 0 Å². The molecule has 0 aromatic rings. The average molecular weight is 329 g/mol. The van der Waals surface area contributed by atoms with Crippen LogP contribution in [0.15, 0.2) is 0 Å². The Kier molecular flexibility index (Phi) is 6.87. The molecule has 3 unspecified atom stereocenters. The lowest BCUT2D eigenvalue weighted by atomic mass is 9.80. The van der Waals surface area contributed by atoms with Gasteiger partial charge in [-0.25, -0.2) is 9.78 Å². The molecule has 0 radical (unpaired) electrons. The van der Waals surface area contributed by atoms with Crippen LogP contribution in [0.5, 0.6) is 0 Å². The van der Waals surface area contributed by atoms with Crippen LogP contribution in [0.1, 0.15) is 51.4 Å². The van der Waals surface area contributed by atoms with E-state index < -0.39 is 0 Å². The van der Waals surface area contributed by atoms with Crippen molar-refractivity contribution in [2.24, 2.45) is 11.8 Å². The molecule has 22 heavy (non-hydrogen) atoms. The van der Waals surface area contributed by atoms with E-state index >= 15 is 0 Å². The van der Waals surface area contributed by atoms with Crippen molar-refractivity contribution in [3.63, 3.8) is 0 Å². The molecule has 0 amide bonds. The minimum Gasteiger partial charge on any atom is -0.302 e. The normalized spacial score (nSPS) is 40.5. The molecule has 1 aliphatic carbocycles. The Morgan fingerprint density at radius 2 is 1.91 bits per heavy atom. The molecule has 2 aliphatic heterocycles. The molecule has 2 heterocycles. The first-order chi connectivity index (χ1) is 10.8. The van der Waals surface area contributed by atoms with Gasteiger partial charge in [0, 0.05) is 23.8 Å². The summed E-state index contributed by atoms with van der Waals surface area (Å²) in [6.45, 7) is 2.53. The summed E-state index contributed by atoms with van der Waals surface area (Å²) in [7, 11) is 0. The van der Waals surface area contributed by atoms with E-state index in [2.05, 4.69) is 28.7 Å². The first-order valence-corrected chi connectivity index (χ1v) is 10.4. The van der Waals surface area contributed by atoms with Crippen LogP contribution in [0.2, 0.25) is 0 Å². The topological polar surface area (TPSA) is 42.5 Å². The van der Waals surface area contributed by atoms with Gasteiger partial charge in [-0.05, 0) is 63.5 Å².